The lowest BCUT2D eigenvalue weighted by atomic mass is 10.1. The first-order valence-corrected chi connectivity index (χ1v) is 7.87. The number of nitrogens with zero attached hydrogens (tertiary/aromatic N) is 5. The van der Waals surface area contributed by atoms with Crippen molar-refractivity contribution in [2.75, 3.05) is 23.7 Å². The number of nitrogen functional groups attached to an aromatic ring is 1. The highest BCUT2D eigenvalue weighted by atomic mass is 19.4. The molecule has 0 amide bonds. The van der Waals surface area contributed by atoms with Gasteiger partial charge in [0.05, 0.1) is 6.04 Å². The normalized spacial score (nSPS) is 18.8. The molecule has 9 heteroatoms. The molecule has 130 valence electrons. The minimum atomic E-state index is -4.42. The predicted molar refractivity (Wildman–Crippen MR) is 83.5 cm³/mol. The first-order chi connectivity index (χ1) is 11.4. The van der Waals surface area contributed by atoms with E-state index in [0.717, 1.165) is 25.5 Å². The maximum atomic E-state index is 12.7. The fourth-order valence-corrected chi connectivity index (χ4v) is 2.89. The van der Waals surface area contributed by atoms with Gasteiger partial charge in [0, 0.05) is 31.8 Å². The molecule has 1 aliphatic rings. The number of aromatic nitrogens is 4. The standard InChI is InChI=1S/C15H19F3N6/c1-2-13-20-12(19)8-14(21-13)23-6-3-4-10(9-23)24-7-5-11(22-24)15(16,17)18/h5,7-8,10H,2-4,6,9H2,1H3,(H2,19,20,21)/t10-/m1/s1. The van der Waals surface area contributed by atoms with Crippen molar-refractivity contribution < 1.29 is 13.2 Å². The van der Waals surface area contributed by atoms with Crippen molar-refractivity contribution in [3.05, 3.63) is 29.8 Å². The summed E-state index contributed by atoms with van der Waals surface area (Å²) in [7, 11) is 0. The summed E-state index contributed by atoms with van der Waals surface area (Å²) >= 11 is 0. The minimum absolute atomic E-state index is 0.129. The van der Waals surface area contributed by atoms with Crippen LogP contribution in [0.2, 0.25) is 0 Å². The van der Waals surface area contributed by atoms with Gasteiger partial charge in [-0.05, 0) is 18.9 Å². The summed E-state index contributed by atoms with van der Waals surface area (Å²) < 4.78 is 39.6. The predicted octanol–water partition coefficient (Wildman–Crippen LogP) is 2.68. The number of hydrogen-bond acceptors (Lipinski definition) is 5. The van der Waals surface area contributed by atoms with Crippen LogP contribution in [0, 0.1) is 0 Å². The molecule has 1 fully saturated rings. The SMILES string of the molecule is CCc1nc(N)cc(N2CCC[C@@H](n3ccc(C(F)(F)F)n3)C2)n1. The van der Waals surface area contributed by atoms with E-state index in [9.17, 15) is 13.2 Å². The van der Waals surface area contributed by atoms with Crippen molar-refractivity contribution >= 4 is 11.6 Å². The lowest BCUT2D eigenvalue weighted by Crippen LogP contribution is -2.37. The van der Waals surface area contributed by atoms with Crippen molar-refractivity contribution in [1.82, 2.24) is 19.7 Å². The Hall–Kier alpha value is -2.32. The third-order valence-corrected chi connectivity index (χ3v) is 4.09. The quantitative estimate of drug-likeness (QED) is 0.930. The van der Waals surface area contributed by atoms with E-state index < -0.39 is 11.9 Å². The van der Waals surface area contributed by atoms with Crippen LogP contribution in [-0.4, -0.2) is 32.8 Å². The molecule has 2 N–H and O–H groups in total. The number of anilines is 2. The Balaban J connectivity index is 1.79. The summed E-state index contributed by atoms with van der Waals surface area (Å²) in [6.45, 7) is 3.27. The number of halogens is 3. The third-order valence-electron chi connectivity index (χ3n) is 4.09. The molecule has 3 heterocycles. The number of aryl methyl sites for hydroxylation is 1. The Kier molecular flexibility index (Phi) is 4.33. The highest BCUT2D eigenvalue weighted by Crippen LogP contribution is 2.30. The summed E-state index contributed by atoms with van der Waals surface area (Å²) in [5.41, 5.74) is 4.96. The maximum Gasteiger partial charge on any atom is 0.435 e. The van der Waals surface area contributed by atoms with Crippen LogP contribution in [0.25, 0.3) is 0 Å². The average molecular weight is 340 g/mol. The van der Waals surface area contributed by atoms with E-state index in [1.165, 1.54) is 10.9 Å². The average Bonchev–Trinajstić information content (AvgIpc) is 3.04. The minimum Gasteiger partial charge on any atom is -0.384 e. The van der Waals surface area contributed by atoms with E-state index in [-0.39, 0.29) is 6.04 Å². The van der Waals surface area contributed by atoms with Gasteiger partial charge in [0.2, 0.25) is 0 Å². The molecule has 0 aliphatic carbocycles. The van der Waals surface area contributed by atoms with Crippen molar-refractivity contribution in [2.45, 2.75) is 38.4 Å². The van der Waals surface area contributed by atoms with Crippen LogP contribution in [0.5, 0.6) is 0 Å². The number of alkyl halides is 3. The number of nitrogens with two attached hydrogens (primary N) is 1. The van der Waals surface area contributed by atoms with Gasteiger partial charge < -0.3 is 10.6 Å². The van der Waals surface area contributed by atoms with Gasteiger partial charge in [-0.2, -0.15) is 18.3 Å². The fraction of sp³-hybridized carbons (Fsp3) is 0.533. The second kappa shape index (κ2) is 6.29. The van der Waals surface area contributed by atoms with Crippen LogP contribution in [0.4, 0.5) is 24.8 Å². The molecule has 0 spiro atoms. The molecular formula is C15H19F3N6. The van der Waals surface area contributed by atoms with Gasteiger partial charge in [0.15, 0.2) is 5.69 Å². The zero-order valence-corrected chi connectivity index (χ0v) is 13.3. The molecule has 2 aromatic rings. The van der Waals surface area contributed by atoms with Crippen LogP contribution in [0.1, 0.15) is 37.3 Å². The zero-order valence-electron chi connectivity index (χ0n) is 13.3. The molecule has 6 nitrogen and oxygen atoms in total. The second-order valence-electron chi connectivity index (χ2n) is 5.84. The van der Waals surface area contributed by atoms with E-state index in [1.54, 1.807) is 6.07 Å². The van der Waals surface area contributed by atoms with Crippen molar-refractivity contribution in [1.29, 1.82) is 0 Å². The Morgan fingerprint density at radius 2 is 2.12 bits per heavy atom. The van der Waals surface area contributed by atoms with Gasteiger partial charge in [0.25, 0.3) is 0 Å². The smallest absolute Gasteiger partial charge is 0.384 e. The summed E-state index contributed by atoms with van der Waals surface area (Å²) in [5, 5.41) is 3.69. The third kappa shape index (κ3) is 3.44. The van der Waals surface area contributed by atoms with Crippen LogP contribution < -0.4 is 10.6 Å². The Morgan fingerprint density at radius 1 is 1.33 bits per heavy atom. The summed E-state index contributed by atoms with van der Waals surface area (Å²) in [4.78, 5) is 10.7. The van der Waals surface area contributed by atoms with Gasteiger partial charge in [-0.1, -0.05) is 6.92 Å². The van der Waals surface area contributed by atoms with Crippen LogP contribution in [0.3, 0.4) is 0 Å². The first kappa shape index (κ1) is 16.5. The molecule has 2 aromatic heterocycles. The molecule has 24 heavy (non-hydrogen) atoms. The molecule has 0 radical (unpaired) electrons. The Labute approximate surface area is 137 Å². The fourth-order valence-electron chi connectivity index (χ4n) is 2.89. The number of hydrogen-bond donors (Lipinski definition) is 1. The summed E-state index contributed by atoms with van der Waals surface area (Å²) in [5.74, 6) is 1.77. The second-order valence-corrected chi connectivity index (χ2v) is 5.84. The largest absolute Gasteiger partial charge is 0.435 e. The highest BCUT2D eigenvalue weighted by Gasteiger charge is 2.34. The Morgan fingerprint density at radius 3 is 2.79 bits per heavy atom. The molecule has 0 aromatic carbocycles. The van der Waals surface area contributed by atoms with E-state index in [2.05, 4.69) is 15.1 Å². The van der Waals surface area contributed by atoms with E-state index in [4.69, 9.17) is 5.73 Å². The molecule has 0 unspecified atom stereocenters. The first-order valence-electron chi connectivity index (χ1n) is 7.87. The maximum absolute atomic E-state index is 12.7. The van der Waals surface area contributed by atoms with Crippen molar-refractivity contribution in [3.63, 3.8) is 0 Å². The number of rotatable bonds is 3. The number of piperidine rings is 1. The lowest BCUT2D eigenvalue weighted by molar-refractivity contribution is -0.141. The molecule has 0 bridgehead atoms. The lowest BCUT2D eigenvalue weighted by Gasteiger charge is -2.33. The van der Waals surface area contributed by atoms with Gasteiger partial charge in [0.1, 0.15) is 17.5 Å². The van der Waals surface area contributed by atoms with Gasteiger partial charge in [-0.25, -0.2) is 9.97 Å². The van der Waals surface area contributed by atoms with Crippen LogP contribution in [0.15, 0.2) is 18.3 Å². The Bertz CT molecular complexity index is 711. The van der Waals surface area contributed by atoms with E-state index in [0.29, 0.717) is 30.4 Å². The molecular weight excluding hydrogens is 321 g/mol. The highest BCUT2D eigenvalue weighted by molar-refractivity contribution is 5.47. The van der Waals surface area contributed by atoms with Crippen LogP contribution in [-0.2, 0) is 12.6 Å². The van der Waals surface area contributed by atoms with Gasteiger partial charge >= 0.3 is 6.18 Å². The summed E-state index contributed by atoms with van der Waals surface area (Å²) in [6, 6.07) is 2.58. The van der Waals surface area contributed by atoms with Crippen molar-refractivity contribution in [2.24, 2.45) is 0 Å². The molecule has 1 atom stereocenters. The van der Waals surface area contributed by atoms with E-state index in [1.807, 2.05) is 11.8 Å². The molecule has 1 aliphatic heterocycles. The monoisotopic (exact) mass is 340 g/mol. The van der Waals surface area contributed by atoms with Gasteiger partial charge in [-0.15, -0.1) is 0 Å². The van der Waals surface area contributed by atoms with Crippen molar-refractivity contribution in [3.8, 4) is 0 Å². The molecule has 3 rings (SSSR count). The van der Waals surface area contributed by atoms with Crippen LogP contribution >= 0.6 is 0 Å². The summed E-state index contributed by atoms with van der Waals surface area (Å²) in [6.07, 6.45) is -0.739. The topological polar surface area (TPSA) is 72.9 Å². The van der Waals surface area contributed by atoms with E-state index >= 15 is 0 Å². The van der Waals surface area contributed by atoms with Gasteiger partial charge in [-0.3, -0.25) is 4.68 Å². The zero-order chi connectivity index (χ0) is 17.3. The molecule has 0 saturated carbocycles. The molecule has 1 saturated heterocycles.